The molecule has 232 valence electrons. The summed E-state index contributed by atoms with van der Waals surface area (Å²) in [6.07, 6.45) is 4.74. The van der Waals surface area contributed by atoms with Crippen LogP contribution in [-0.2, 0) is 33.5 Å². The number of imidazole rings is 1. The lowest BCUT2D eigenvalue weighted by molar-refractivity contribution is -0.118. The number of amides is 1. The van der Waals surface area contributed by atoms with E-state index in [-0.39, 0.29) is 35.6 Å². The Kier molecular flexibility index (Phi) is 11.2. The van der Waals surface area contributed by atoms with Gasteiger partial charge in [-0.05, 0) is 43.4 Å². The molecule has 0 spiro atoms. The van der Waals surface area contributed by atoms with E-state index in [0.717, 1.165) is 48.0 Å². The summed E-state index contributed by atoms with van der Waals surface area (Å²) in [7, 11) is -4.93. The van der Waals surface area contributed by atoms with Crippen LogP contribution in [0.3, 0.4) is 0 Å². The number of phosphoric acid groups is 1. The Morgan fingerprint density at radius 1 is 1.12 bits per heavy atom. The lowest BCUT2D eigenvalue weighted by Crippen LogP contribution is -2.26. The number of para-hydroxylation sites is 1. The first kappa shape index (κ1) is 32.5. The summed E-state index contributed by atoms with van der Waals surface area (Å²) in [5.74, 6) is 0.124. The van der Waals surface area contributed by atoms with E-state index >= 15 is 0 Å². The number of aromatic nitrogens is 3. The van der Waals surface area contributed by atoms with E-state index in [1.807, 2.05) is 22.8 Å². The van der Waals surface area contributed by atoms with Crippen LogP contribution in [0.5, 0.6) is 11.5 Å². The third-order valence-electron chi connectivity index (χ3n) is 6.88. The number of rotatable bonds is 16. The van der Waals surface area contributed by atoms with Gasteiger partial charge in [0.15, 0.2) is 17.3 Å². The molecule has 2 aromatic heterocycles. The number of nitrogens with two attached hydrogens (primary N) is 1. The zero-order chi connectivity index (χ0) is 31.0. The van der Waals surface area contributed by atoms with Gasteiger partial charge in [0, 0.05) is 37.1 Å². The molecular weight excluding hydrogens is 597 g/mol. The Bertz CT molecular complexity index is 1620. The number of nitrogens with one attached hydrogen (secondary N) is 1. The molecule has 0 saturated carbocycles. The number of phenolic OH excluding ortho intramolecular Hbond substituents is 1. The van der Waals surface area contributed by atoms with Crippen molar-refractivity contribution in [3.8, 4) is 11.5 Å². The van der Waals surface area contributed by atoms with Gasteiger partial charge in [-0.3, -0.25) is 14.6 Å². The van der Waals surface area contributed by atoms with Crippen LogP contribution in [0.15, 0.2) is 36.4 Å². The number of pyridine rings is 1. The molecule has 0 fully saturated rings. The Labute approximate surface area is 254 Å². The second kappa shape index (κ2) is 14.9. The number of alkyl halides is 1. The number of phosphoric ester groups is 1. The SMILES string of the molecule is CCCCc1nc2c(N)nc3cc(CCCOCCCNC(=O)CCl)ccc3c2n1Cc1cccc(O)c1OP(=O)(O)O. The van der Waals surface area contributed by atoms with Crippen LogP contribution in [0, 0.1) is 0 Å². The fourth-order valence-corrected chi connectivity index (χ4v) is 5.42. The van der Waals surface area contributed by atoms with Crippen molar-refractivity contribution < 1.29 is 33.5 Å². The molecule has 6 N–H and O–H groups in total. The predicted molar refractivity (Wildman–Crippen MR) is 165 cm³/mol. The van der Waals surface area contributed by atoms with E-state index < -0.39 is 7.82 Å². The number of unbranched alkanes of at least 4 members (excludes halogenated alkanes) is 1. The van der Waals surface area contributed by atoms with Crippen LogP contribution in [0.2, 0.25) is 0 Å². The van der Waals surface area contributed by atoms with Gasteiger partial charge in [-0.2, -0.15) is 0 Å². The van der Waals surface area contributed by atoms with E-state index in [9.17, 15) is 24.3 Å². The van der Waals surface area contributed by atoms with Gasteiger partial charge in [-0.25, -0.2) is 14.5 Å². The number of aryl methyl sites for hydroxylation is 2. The van der Waals surface area contributed by atoms with Crippen molar-refractivity contribution in [1.82, 2.24) is 19.9 Å². The van der Waals surface area contributed by atoms with E-state index in [0.29, 0.717) is 49.2 Å². The van der Waals surface area contributed by atoms with Crippen LogP contribution in [0.25, 0.3) is 21.9 Å². The van der Waals surface area contributed by atoms with E-state index in [1.165, 1.54) is 6.07 Å². The minimum absolute atomic E-state index is 0.0478. The van der Waals surface area contributed by atoms with Gasteiger partial charge < -0.3 is 30.0 Å². The number of nitrogens with zero attached hydrogens (tertiary/aromatic N) is 3. The van der Waals surface area contributed by atoms with Crippen LogP contribution in [0.1, 0.15) is 49.6 Å². The number of benzene rings is 2. The molecule has 2 aromatic carbocycles. The number of aromatic hydroxyl groups is 1. The van der Waals surface area contributed by atoms with Crippen molar-refractivity contribution in [2.45, 2.75) is 52.0 Å². The molecular formula is C29H37ClN5O7P. The van der Waals surface area contributed by atoms with Crippen molar-refractivity contribution in [3.05, 3.63) is 53.3 Å². The average Bonchev–Trinajstić information content (AvgIpc) is 3.33. The van der Waals surface area contributed by atoms with Crippen molar-refractivity contribution in [3.63, 3.8) is 0 Å². The highest BCUT2D eigenvalue weighted by molar-refractivity contribution is 7.46. The molecule has 12 nitrogen and oxygen atoms in total. The maximum Gasteiger partial charge on any atom is 0.524 e. The number of anilines is 1. The molecule has 4 rings (SSSR count). The van der Waals surface area contributed by atoms with E-state index in [4.69, 9.17) is 31.6 Å². The summed E-state index contributed by atoms with van der Waals surface area (Å²) in [6.45, 7) is 3.85. The standard InChI is InChI=1S/C29H37ClN5O7P/c1-2-3-10-24-34-26-27(35(24)18-20-8-4-9-23(36)28(20)42-43(38,39)40)21-12-11-19(16-22(21)33-29(26)31)7-5-14-41-15-6-13-32-25(37)17-30/h4,8-9,11-12,16,36H,2-3,5-7,10,13-15,17-18H2,1H3,(H2,31,33)(H,32,37)(H2,38,39,40). The molecule has 0 aliphatic heterocycles. The Morgan fingerprint density at radius 2 is 1.91 bits per heavy atom. The molecule has 43 heavy (non-hydrogen) atoms. The monoisotopic (exact) mass is 633 g/mol. The van der Waals surface area contributed by atoms with Gasteiger partial charge in [-0.1, -0.05) is 37.6 Å². The molecule has 0 atom stereocenters. The van der Waals surface area contributed by atoms with Crippen molar-refractivity contribution in [1.29, 1.82) is 0 Å². The zero-order valence-electron chi connectivity index (χ0n) is 24.0. The summed E-state index contributed by atoms with van der Waals surface area (Å²) in [4.78, 5) is 39.5. The number of nitrogen functional groups attached to an aromatic ring is 1. The number of ether oxygens (including phenoxy) is 1. The third-order valence-corrected chi connectivity index (χ3v) is 7.54. The normalized spacial score (nSPS) is 11.8. The number of phenols is 1. The highest BCUT2D eigenvalue weighted by atomic mass is 35.5. The van der Waals surface area contributed by atoms with Crippen molar-refractivity contribution in [2.24, 2.45) is 0 Å². The van der Waals surface area contributed by atoms with Gasteiger partial charge in [0.2, 0.25) is 5.91 Å². The number of halogens is 1. The lowest BCUT2D eigenvalue weighted by atomic mass is 10.1. The fraction of sp³-hybridized carbons (Fsp3) is 0.414. The zero-order valence-corrected chi connectivity index (χ0v) is 25.6. The smallest absolute Gasteiger partial charge is 0.504 e. The van der Waals surface area contributed by atoms with Crippen LogP contribution >= 0.6 is 19.4 Å². The third kappa shape index (κ3) is 8.58. The van der Waals surface area contributed by atoms with Gasteiger partial charge >= 0.3 is 7.82 Å². The lowest BCUT2D eigenvalue weighted by Gasteiger charge is -2.16. The molecule has 2 heterocycles. The Morgan fingerprint density at radius 3 is 2.65 bits per heavy atom. The molecule has 1 amide bonds. The van der Waals surface area contributed by atoms with Gasteiger partial charge in [0.25, 0.3) is 0 Å². The maximum atomic E-state index is 11.7. The molecule has 14 heteroatoms. The summed E-state index contributed by atoms with van der Waals surface area (Å²) < 4.78 is 24.2. The van der Waals surface area contributed by atoms with E-state index in [2.05, 4.69) is 17.2 Å². The Balaban J connectivity index is 1.59. The van der Waals surface area contributed by atoms with Crippen LogP contribution in [0.4, 0.5) is 5.82 Å². The second-order valence-corrected chi connectivity index (χ2v) is 11.6. The fourth-order valence-electron chi connectivity index (χ4n) is 4.88. The highest BCUT2D eigenvalue weighted by Crippen LogP contribution is 2.44. The number of carbonyl (C=O) groups excluding carboxylic acids is 1. The van der Waals surface area contributed by atoms with Gasteiger partial charge in [0.1, 0.15) is 17.2 Å². The summed E-state index contributed by atoms with van der Waals surface area (Å²) in [6, 6.07) is 10.5. The maximum absolute atomic E-state index is 11.7. The molecule has 0 saturated heterocycles. The molecule has 0 aliphatic rings. The summed E-state index contributed by atoms with van der Waals surface area (Å²) in [5, 5.41) is 13.9. The van der Waals surface area contributed by atoms with Crippen LogP contribution < -0.4 is 15.6 Å². The molecule has 0 aliphatic carbocycles. The first-order chi connectivity index (χ1) is 20.6. The van der Waals surface area contributed by atoms with Crippen LogP contribution in [-0.4, -0.2) is 61.0 Å². The number of hydrogen-bond donors (Lipinski definition) is 5. The predicted octanol–water partition coefficient (Wildman–Crippen LogP) is 4.43. The summed E-state index contributed by atoms with van der Waals surface area (Å²) in [5.41, 5.74) is 9.84. The minimum Gasteiger partial charge on any atom is -0.504 e. The Hall–Kier alpha value is -3.41. The molecule has 0 radical (unpaired) electrons. The summed E-state index contributed by atoms with van der Waals surface area (Å²) >= 11 is 5.46. The second-order valence-electron chi connectivity index (χ2n) is 10.2. The highest BCUT2D eigenvalue weighted by Gasteiger charge is 2.24. The van der Waals surface area contributed by atoms with Crippen molar-refractivity contribution in [2.75, 3.05) is 31.4 Å². The van der Waals surface area contributed by atoms with E-state index in [1.54, 1.807) is 12.1 Å². The quantitative estimate of drug-likeness (QED) is 0.0672. The first-order valence-electron chi connectivity index (χ1n) is 14.1. The number of fused-ring (bicyclic) bond motifs is 3. The topological polar surface area (TPSA) is 182 Å². The minimum atomic E-state index is -4.93. The number of hydrogen-bond acceptors (Lipinski definition) is 8. The molecule has 0 bridgehead atoms. The van der Waals surface area contributed by atoms with Crippen molar-refractivity contribution >= 4 is 53.1 Å². The first-order valence-corrected chi connectivity index (χ1v) is 16.2. The largest absolute Gasteiger partial charge is 0.524 e. The van der Waals surface area contributed by atoms with Gasteiger partial charge in [0.05, 0.1) is 17.6 Å². The molecule has 0 unspecified atom stereocenters. The number of carbonyl (C=O) groups is 1. The molecule has 4 aromatic rings. The van der Waals surface area contributed by atoms with Gasteiger partial charge in [-0.15, -0.1) is 11.6 Å². The average molecular weight is 634 g/mol.